The van der Waals surface area contributed by atoms with Crippen molar-refractivity contribution in [2.45, 2.75) is 26.2 Å². The van der Waals surface area contributed by atoms with E-state index in [9.17, 15) is 14.4 Å². The molecule has 7 heteroatoms. The zero-order chi connectivity index (χ0) is 23.9. The SMILES string of the molecule is CCN(C(=O)Cc1ccc(NC(=O)C2=NN(c3ccccc3)C(=O)CC2)cc1)c1ccccc1. The lowest BCUT2D eigenvalue weighted by molar-refractivity contribution is -0.119. The maximum absolute atomic E-state index is 12.8. The Bertz CT molecular complexity index is 1190. The summed E-state index contributed by atoms with van der Waals surface area (Å²) in [6.45, 7) is 2.53. The molecule has 0 saturated carbocycles. The quantitative estimate of drug-likeness (QED) is 0.574. The van der Waals surface area contributed by atoms with Crippen molar-refractivity contribution in [2.24, 2.45) is 5.10 Å². The van der Waals surface area contributed by atoms with Crippen LogP contribution < -0.4 is 15.2 Å². The molecular formula is C27H26N4O3. The predicted molar refractivity (Wildman–Crippen MR) is 134 cm³/mol. The van der Waals surface area contributed by atoms with Gasteiger partial charge in [-0.2, -0.15) is 5.10 Å². The molecule has 0 aliphatic carbocycles. The molecule has 1 N–H and O–H groups in total. The lowest BCUT2D eigenvalue weighted by atomic mass is 10.1. The second kappa shape index (κ2) is 10.6. The molecule has 0 saturated heterocycles. The molecule has 1 heterocycles. The summed E-state index contributed by atoms with van der Waals surface area (Å²) in [6, 6.07) is 25.8. The summed E-state index contributed by atoms with van der Waals surface area (Å²) in [5.41, 5.74) is 3.25. The van der Waals surface area contributed by atoms with E-state index in [1.54, 1.807) is 29.2 Å². The fraction of sp³-hybridized carbons (Fsp3) is 0.185. The van der Waals surface area contributed by atoms with Gasteiger partial charge < -0.3 is 10.2 Å². The topological polar surface area (TPSA) is 82.1 Å². The van der Waals surface area contributed by atoms with E-state index < -0.39 is 0 Å². The van der Waals surface area contributed by atoms with Crippen LogP contribution in [-0.2, 0) is 20.8 Å². The Morgan fingerprint density at radius 1 is 0.912 bits per heavy atom. The Balaban J connectivity index is 1.40. The van der Waals surface area contributed by atoms with E-state index in [2.05, 4.69) is 10.4 Å². The monoisotopic (exact) mass is 454 g/mol. The number of rotatable bonds is 7. The molecule has 1 aliphatic rings. The van der Waals surface area contributed by atoms with Crippen molar-refractivity contribution in [1.82, 2.24) is 0 Å². The minimum Gasteiger partial charge on any atom is -0.321 e. The molecule has 3 amide bonds. The fourth-order valence-electron chi connectivity index (χ4n) is 3.78. The first-order chi connectivity index (χ1) is 16.5. The van der Waals surface area contributed by atoms with Gasteiger partial charge in [-0.05, 0) is 48.9 Å². The van der Waals surface area contributed by atoms with Crippen molar-refractivity contribution >= 4 is 40.5 Å². The first-order valence-electron chi connectivity index (χ1n) is 11.3. The third kappa shape index (κ3) is 5.38. The van der Waals surface area contributed by atoms with Crippen LogP contribution in [0.2, 0.25) is 0 Å². The van der Waals surface area contributed by atoms with Crippen LogP contribution in [0.4, 0.5) is 17.1 Å². The van der Waals surface area contributed by atoms with Crippen molar-refractivity contribution in [2.75, 3.05) is 21.8 Å². The van der Waals surface area contributed by atoms with Gasteiger partial charge in [0.15, 0.2) is 0 Å². The molecule has 3 aromatic carbocycles. The number of para-hydroxylation sites is 2. The van der Waals surface area contributed by atoms with E-state index in [1.807, 2.05) is 67.6 Å². The van der Waals surface area contributed by atoms with Crippen molar-refractivity contribution in [3.8, 4) is 0 Å². The van der Waals surface area contributed by atoms with Crippen LogP contribution in [0, 0.1) is 0 Å². The van der Waals surface area contributed by atoms with Gasteiger partial charge in [-0.25, -0.2) is 5.01 Å². The Morgan fingerprint density at radius 3 is 2.21 bits per heavy atom. The first-order valence-corrected chi connectivity index (χ1v) is 11.3. The highest BCUT2D eigenvalue weighted by Crippen LogP contribution is 2.21. The zero-order valence-corrected chi connectivity index (χ0v) is 19.0. The minimum absolute atomic E-state index is 0.00715. The molecule has 0 fully saturated rings. The number of hydrogen-bond donors (Lipinski definition) is 1. The highest BCUT2D eigenvalue weighted by Gasteiger charge is 2.25. The summed E-state index contributed by atoms with van der Waals surface area (Å²) < 4.78 is 0. The molecule has 0 aromatic heterocycles. The van der Waals surface area contributed by atoms with Crippen molar-refractivity contribution in [1.29, 1.82) is 0 Å². The molecule has 1 aliphatic heterocycles. The average Bonchev–Trinajstić information content (AvgIpc) is 2.87. The van der Waals surface area contributed by atoms with Gasteiger partial charge in [-0.15, -0.1) is 0 Å². The number of nitrogens with zero attached hydrogens (tertiary/aromatic N) is 3. The summed E-state index contributed by atoms with van der Waals surface area (Å²) in [6.07, 6.45) is 0.766. The van der Waals surface area contributed by atoms with E-state index in [0.29, 0.717) is 23.6 Å². The zero-order valence-electron chi connectivity index (χ0n) is 19.0. The second-order valence-corrected chi connectivity index (χ2v) is 7.89. The summed E-state index contributed by atoms with van der Waals surface area (Å²) >= 11 is 0. The Hall–Kier alpha value is -4.26. The number of carbonyl (C=O) groups is 3. The third-order valence-corrected chi connectivity index (χ3v) is 5.55. The van der Waals surface area contributed by atoms with Crippen LogP contribution in [0.25, 0.3) is 0 Å². The molecule has 34 heavy (non-hydrogen) atoms. The molecule has 0 spiro atoms. The van der Waals surface area contributed by atoms with Crippen molar-refractivity contribution < 1.29 is 14.4 Å². The number of likely N-dealkylation sites (N-methyl/N-ethyl adjacent to an activating group) is 1. The van der Waals surface area contributed by atoms with Gasteiger partial charge in [-0.1, -0.05) is 48.5 Å². The van der Waals surface area contributed by atoms with Crippen molar-refractivity contribution in [3.05, 3.63) is 90.5 Å². The number of benzene rings is 3. The smallest absolute Gasteiger partial charge is 0.271 e. The molecule has 0 atom stereocenters. The molecule has 0 radical (unpaired) electrons. The lowest BCUT2D eigenvalue weighted by Gasteiger charge is -2.23. The normalized spacial score (nSPS) is 13.3. The molecule has 3 aromatic rings. The van der Waals surface area contributed by atoms with Crippen molar-refractivity contribution in [3.63, 3.8) is 0 Å². The largest absolute Gasteiger partial charge is 0.321 e. The third-order valence-electron chi connectivity index (χ3n) is 5.55. The molecule has 0 unspecified atom stereocenters. The molecule has 4 rings (SSSR count). The van der Waals surface area contributed by atoms with Crippen LogP contribution in [0.5, 0.6) is 0 Å². The Kier molecular flexibility index (Phi) is 7.13. The Labute approximate surface area is 198 Å². The molecule has 172 valence electrons. The number of amides is 3. The summed E-state index contributed by atoms with van der Waals surface area (Å²) in [5.74, 6) is -0.486. The Morgan fingerprint density at radius 2 is 1.56 bits per heavy atom. The van der Waals surface area contributed by atoms with Crippen LogP contribution in [0.3, 0.4) is 0 Å². The molecule has 7 nitrogen and oxygen atoms in total. The summed E-state index contributed by atoms with van der Waals surface area (Å²) in [7, 11) is 0. The van der Waals surface area contributed by atoms with E-state index in [-0.39, 0.29) is 37.0 Å². The maximum Gasteiger partial charge on any atom is 0.271 e. The van der Waals surface area contributed by atoms with E-state index in [4.69, 9.17) is 0 Å². The summed E-state index contributed by atoms with van der Waals surface area (Å²) in [4.78, 5) is 39.6. The standard InChI is InChI=1S/C27H26N4O3/c1-2-30(22-9-5-3-6-10-22)26(33)19-20-13-15-21(16-14-20)28-27(34)24-17-18-25(32)31(29-24)23-11-7-4-8-12-23/h3-16H,2,17-19H2,1H3,(H,28,34). The second-order valence-electron chi connectivity index (χ2n) is 7.89. The first kappa shape index (κ1) is 22.9. The van der Waals surface area contributed by atoms with Gasteiger partial charge in [0.25, 0.3) is 5.91 Å². The van der Waals surface area contributed by atoms with Gasteiger partial charge in [0, 0.05) is 30.8 Å². The van der Waals surface area contributed by atoms with E-state index in [0.717, 1.165) is 11.3 Å². The highest BCUT2D eigenvalue weighted by molar-refractivity contribution is 6.44. The number of hydrazone groups is 1. The highest BCUT2D eigenvalue weighted by atomic mass is 16.2. The van der Waals surface area contributed by atoms with Gasteiger partial charge >= 0.3 is 0 Å². The predicted octanol–water partition coefficient (Wildman–Crippen LogP) is 4.40. The fourth-order valence-corrected chi connectivity index (χ4v) is 3.78. The number of carbonyl (C=O) groups excluding carboxylic acids is 3. The van der Waals surface area contributed by atoms with Crippen LogP contribution in [0.1, 0.15) is 25.3 Å². The lowest BCUT2D eigenvalue weighted by Crippen LogP contribution is -2.36. The average molecular weight is 455 g/mol. The van der Waals surface area contributed by atoms with E-state index >= 15 is 0 Å². The summed E-state index contributed by atoms with van der Waals surface area (Å²) in [5, 5.41) is 8.39. The van der Waals surface area contributed by atoms with Gasteiger partial charge in [0.2, 0.25) is 11.8 Å². The number of hydrogen-bond acceptors (Lipinski definition) is 4. The minimum atomic E-state index is -0.349. The van der Waals surface area contributed by atoms with Gasteiger partial charge in [-0.3, -0.25) is 14.4 Å². The molecular weight excluding hydrogens is 428 g/mol. The number of nitrogens with one attached hydrogen (secondary N) is 1. The van der Waals surface area contributed by atoms with Crippen LogP contribution in [-0.4, -0.2) is 30.0 Å². The van der Waals surface area contributed by atoms with Crippen LogP contribution >= 0.6 is 0 Å². The van der Waals surface area contributed by atoms with Gasteiger partial charge in [0.1, 0.15) is 5.71 Å². The van der Waals surface area contributed by atoms with Gasteiger partial charge in [0.05, 0.1) is 12.1 Å². The molecule has 0 bridgehead atoms. The van der Waals surface area contributed by atoms with Crippen LogP contribution in [0.15, 0.2) is 90.0 Å². The van der Waals surface area contributed by atoms with E-state index in [1.165, 1.54) is 5.01 Å². The maximum atomic E-state index is 12.8. The number of anilines is 3.